The number of methoxy groups -OCH3 is 1. The minimum Gasteiger partial charge on any atom is -0.461 e. The van der Waals surface area contributed by atoms with Crippen LogP contribution in [0.4, 0.5) is 4.39 Å². The van der Waals surface area contributed by atoms with Crippen molar-refractivity contribution in [1.29, 1.82) is 0 Å². The van der Waals surface area contributed by atoms with Crippen molar-refractivity contribution in [3.63, 3.8) is 0 Å². The lowest BCUT2D eigenvalue weighted by molar-refractivity contribution is -0.301. The quantitative estimate of drug-likeness (QED) is 0.180. The molecule has 1 aromatic carbocycles. The van der Waals surface area contributed by atoms with Crippen molar-refractivity contribution in [3.8, 4) is 0 Å². The molecule has 2 aliphatic rings. The molecule has 0 amide bonds. The Morgan fingerprint density at radius 1 is 1.05 bits per heavy atom. The van der Waals surface area contributed by atoms with E-state index in [1.165, 1.54) is 38.3 Å². The summed E-state index contributed by atoms with van der Waals surface area (Å²) in [7, 11) is 5.27. The van der Waals surface area contributed by atoms with E-state index in [1.54, 1.807) is 41.5 Å². The molecule has 0 aliphatic carbocycles. The summed E-state index contributed by atoms with van der Waals surface area (Å²) in [5, 5.41) is 44.2. The lowest BCUT2D eigenvalue weighted by Crippen LogP contribution is -2.60. The van der Waals surface area contributed by atoms with Gasteiger partial charge in [-0.15, -0.1) is 0 Å². The SMILES string of the molecule is CC[C@H]1OC(=O)[C@H](C)[C@@H](OC(=O)Cc2ccc(F)cc2)[C@H](C)[C@@H](OC2OC(C)CC(N(C)C)C2O)[C@](C)(OC)C[C@@H](C)/C(=N\N=C(C)C)[C@H](C)[C@@H](O)[C@]1(C)O. The van der Waals surface area contributed by atoms with Crippen LogP contribution >= 0.6 is 0 Å². The zero-order chi connectivity index (χ0) is 41.6. The molecule has 4 unspecified atom stereocenters. The molecular weight excluding hydrogens is 713 g/mol. The third kappa shape index (κ3) is 11.4. The highest BCUT2D eigenvalue weighted by Crippen LogP contribution is 2.40. The van der Waals surface area contributed by atoms with Crippen LogP contribution in [-0.2, 0) is 39.7 Å². The number of nitrogens with zero attached hydrogens (tertiary/aromatic N) is 3. The number of carbonyl (C=O) groups is 2. The summed E-state index contributed by atoms with van der Waals surface area (Å²) in [6.07, 6.45) is -6.58. The maximum absolute atomic E-state index is 14.2. The van der Waals surface area contributed by atoms with Gasteiger partial charge in [-0.2, -0.15) is 10.2 Å². The summed E-state index contributed by atoms with van der Waals surface area (Å²) in [4.78, 5) is 29.8. The van der Waals surface area contributed by atoms with Gasteiger partial charge in [0, 0.05) is 36.4 Å². The van der Waals surface area contributed by atoms with Crippen LogP contribution in [0, 0.1) is 29.5 Å². The average molecular weight is 780 g/mol. The van der Waals surface area contributed by atoms with Crippen molar-refractivity contribution in [2.75, 3.05) is 21.2 Å². The van der Waals surface area contributed by atoms with Gasteiger partial charge in [0.05, 0.1) is 36.3 Å². The van der Waals surface area contributed by atoms with E-state index in [9.17, 15) is 29.3 Å². The van der Waals surface area contributed by atoms with Gasteiger partial charge in [-0.25, -0.2) is 4.39 Å². The van der Waals surface area contributed by atoms with E-state index in [2.05, 4.69) is 10.2 Å². The summed E-state index contributed by atoms with van der Waals surface area (Å²) < 4.78 is 45.3. The minimum absolute atomic E-state index is 0.156. The molecule has 14 heteroatoms. The lowest BCUT2D eigenvalue weighted by Gasteiger charge is -2.48. The topological polar surface area (TPSA) is 169 Å². The van der Waals surface area contributed by atoms with Gasteiger partial charge < -0.3 is 43.9 Å². The first-order valence-corrected chi connectivity index (χ1v) is 19.4. The number of halogens is 1. The second-order valence-electron chi connectivity index (χ2n) is 16.5. The maximum atomic E-state index is 14.2. The van der Waals surface area contributed by atoms with Gasteiger partial charge >= 0.3 is 11.9 Å². The van der Waals surface area contributed by atoms with Crippen LogP contribution < -0.4 is 0 Å². The van der Waals surface area contributed by atoms with Crippen molar-refractivity contribution in [2.45, 2.75) is 155 Å². The molecule has 0 bridgehead atoms. The Balaban J connectivity index is 2.27. The van der Waals surface area contributed by atoms with E-state index < -0.39 is 89.4 Å². The summed E-state index contributed by atoms with van der Waals surface area (Å²) in [5.74, 6) is -5.06. The van der Waals surface area contributed by atoms with Gasteiger partial charge in [-0.1, -0.05) is 39.8 Å². The molecule has 2 aliphatic heterocycles. The van der Waals surface area contributed by atoms with Gasteiger partial charge in [0.1, 0.15) is 29.7 Å². The molecule has 0 spiro atoms. The molecule has 3 N–H and O–H groups in total. The van der Waals surface area contributed by atoms with E-state index in [1.807, 2.05) is 39.8 Å². The number of esters is 2. The van der Waals surface area contributed by atoms with Crippen LogP contribution in [0.3, 0.4) is 0 Å². The van der Waals surface area contributed by atoms with Crippen LogP contribution in [0.1, 0.15) is 94.1 Å². The van der Waals surface area contributed by atoms with Crippen molar-refractivity contribution < 1.29 is 53.0 Å². The second-order valence-corrected chi connectivity index (χ2v) is 16.5. The highest BCUT2D eigenvalue weighted by Gasteiger charge is 2.52. The lowest BCUT2D eigenvalue weighted by atomic mass is 9.73. The third-order valence-electron chi connectivity index (χ3n) is 11.4. The van der Waals surface area contributed by atoms with E-state index in [0.29, 0.717) is 23.4 Å². The molecular formula is C41H66FN3O10. The molecule has 2 fully saturated rings. The van der Waals surface area contributed by atoms with Crippen LogP contribution in [-0.4, -0.2) is 125 Å². The number of rotatable bonds is 9. The van der Waals surface area contributed by atoms with E-state index in [4.69, 9.17) is 23.7 Å². The Bertz CT molecular complexity index is 1480. The van der Waals surface area contributed by atoms with Gasteiger partial charge in [0.2, 0.25) is 0 Å². The highest BCUT2D eigenvalue weighted by atomic mass is 19.1. The molecule has 0 radical (unpaired) electrons. The fourth-order valence-electron chi connectivity index (χ4n) is 8.10. The van der Waals surface area contributed by atoms with E-state index in [-0.39, 0.29) is 31.4 Å². The molecule has 14 atom stereocenters. The number of aliphatic hydroxyl groups is 3. The number of aliphatic hydroxyl groups excluding tert-OH is 2. The Morgan fingerprint density at radius 3 is 2.22 bits per heavy atom. The number of carbonyl (C=O) groups excluding carboxylic acids is 2. The van der Waals surface area contributed by atoms with Gasteiger partial charge in [0.25, 0.3) is 0 Å². The first-order valence-electron chi connectivity index (χ1n) is 19.4. The summed E-state index contributed by atoms with van der Waals surface area (Å²) in [5.41, 5.74) is -1.53. The molecule has 3 rings (SSSR count). The fourth-order valence-corrected chi connectivity index (χ4v) is 8.10. The predicted octanol–water partition coefficient (Wildman–Crippen LogP) is 4.71. The molecule has 55 heavy (non-hydrogen) atoms. The Labute approximate surface area is 326 Å². The van der Waals surface area contributed by atoms with Crippen LogP contribution in [0.15, 0.2) is 34.5 Å². The predicted molar refractivity (Wildman–Crippen MR) is 207 cm³/mol. The molecule has 0 saturated carbocycles. The molecule has 2 saturated heterocycles. The summed E-state index contributed by atoms with van der Waals surface area (Å²) >= 11 is 0. The minimum atomic E-state index is -1.93. The largest absolute Gasteiger partial charge is 0.461 e. The Kier molecular flexibility index (Phi) is 16.5. The molecule has 0 aromatic heterocycles. The summed E-state index contributed by atoms with van der Waals surface area (Å²) in [6, 6.07) is 5.15. The van der Waals surface area contributed by atoms with Crippen LogP contribution in [0.2, 0.25) is 0 Å². The monoisotopic (exact) mass is 779 g/mol. The normalized spacial score (nSPS) is 38.9. The number of ether oxygens (including phenoxy) is 5. The number of hydrogen-bond donors (Lipinski definition) is 3. The van der Waals surface area contributed by atoms with Crippen molar-refractivity contribution in [2.24, 2.45) is 33.9 Å². The number of benzene rings is 1. The maximum Gasteiger partial charge on any atom is 0.312 e. The smallest absolute Gasteiger partial charge is 0.312 e. The highest BCUT2D eigenvalue weighted by molar-refractivity contribution is 5.90. The first kappa shape index (κ1) is 46.5. The van der Waals surface area contributed by atoms with Gasteiger partial charge in [-0.05, 0) is 98.5 Å². The molecule has 312 valence electrons. The van der Waals surface area contributed by atoms with E-state index in [0.717, 1.165) is 0 Å². The van der Waals surface area contributed by atoms with Crippen LogP contribution in [0.25, 0.3) is 0 Å². The van der Waals surface area contributed by atoms with Gasteiger partial charge in [-0.3, -0.25) is 9.59 Å². The first-order chi connectivity index (χ1) is 25.6. The summed E-state index contributed by atoms with van der Waals surface area (Å²) in [6.45, 7) is 17.5. The van der Waals surface area contributed by atoms with Crippen molar-refractivity contribution in [3.05, 3.63) is 35.6 Å². The Morgan fingerprint density at radius 2 is 1.67 bits per heavy atom. The molecule has 1 aromatic rings. The third-order valence-corrected chi connectivity index (χ3v) is 11.4. The Hall–Kier alpha value is -2.85. The van der Waals surface area contributed by atoms with Crippen molar-refractivity contribution in [1.82, 2.24) is 4.90 Å². The zero-order valence-electron chi connectivity index (χ0n) is 35.0. The number of likely N-dealkylation sites (N-methyl/N-ethyl adjacent to an activating group) is 1. The zero-order valence-corrected chi connectivity index (χ0v) is 35.0. The molecule has 13 nitrogen and oxygen atoms in total. The van der Waals surface area contributed by atoms with Gasteiger partial charge in [0.15, 0.2) is 6.29 Å². The second kappa shape index (κ2) is 19.5. The average Bonchev–Trinajstić information content (AvgIpc) is 3.11. The van der Waals surface area contributed by atoms with Crippen molar-refractivity contribution >= 4 is 23.4 Å². The molecule has 2 heterocycles. The number of hydrogen-bond acceptors (Lipinski definition) is 13. The standard InChI is InChI=1S/C41H66FN3O10/c1-14-31-41(10,50)36(48)25(6)33(44-43-22(2)3)23(4)21-40(9,51-13)37(55-39-34(47)30(45(11)12)19-24(5)52-39)26(7)35(27(8)38(49)53-31)54-32(46)20-28-15-17-29(42)18-16-28/h15-18,23-27,30-31,34-37,39,47-48,50H,14,19-21H2,1-13H3/b44-33+/t23-,24?,25+,26+,27-,30?,31-,34?,35+,36-,37-,39?,40-,41-/m1/s1. The fraction of sp³-hybridized carbons (Fsp3) is 0.756. The number of cyclic esters (lactones) is 1. The van der Waals surface area contributed by atoms with Crippen LogP contribution in [0.5, 0.6) is 0 Å². The van der Waals surface area contributed by atoms with E-state index >= 15 is 0 Å².